The summed E-state index contributed by atoms with van der Waals surface area (Å²) in [7, 11) is 0. The quantitative estimate of drug-likeness (QED) is 0.666. The van der Waals surface area contributed by atoms with Crippen LogP contribution in [0.25, 0.3) is 0 Å². The van der Waals surface area contributed by atoms with Crippen LogP contribution in [0.15, 0.2) is 78.9 Å². The van der Waals surface area contributed by atoms with E-state index in [-0.39, 0.29) is 29.9 Å². The summed E-state index contributed by atoms with van der Waals surface area (Å²) >= 11 is 0. The van der Waals surface area contributed by atoms with Crippen LogP contribution in [0.4, 0.5) is 0 Å². The van der Waals surface area contributed by atoms with Gasteiger partial charge < -0.3 is 15.3 Å². The largest absolute Gasteiger partial charge is 0.508 e. The topological polar surface area (TPSA) is 60.7 Å². The molecule has 0 aliphatic heterocycles. The van der Waals surface area contributed by atoms with Gasteiger partial charge in [0.25, 0.3) is 0 Å². The predicted molar refractivity (Wildman–Crippen MR) is 94.3 cm³/mol. The van der Waals surface area contributed by atoms with Crippen molar-refractivity contribution < 1.29 is 15.3 Å². The molecule has 122 valence electrons. The highest BCUT2D eigenvalue weighted by Crippen LogP contribution is 2.39. The highest BCUT2D eigenvalue weighted by Gasteiger charge is 2.26. The maximum atomic E-state index is 10.1. The summed E-state index contributed by atoms with van der Waals surface area (Å²) in [6, 6.07) is 24.0. The fourth-order valence-electron chi connectivity index (χ4n) is 3.12. The van der Waals surface area contributed by atoms with Gasteiger partial charge in [0.1, 0.15) is 11.5 Å². The summed E-state index contributed by atoms with van der Waals surface area (Å²) in [5, 5.41) is 29.2. The molecule has 24 heavy (non-hydrogen) atoms. The van der Waals surface area contributed by atoms with Gasteiger partial charge in [0.05, 0.1) is 6.61 Å². The van der Waals surface area contributed by atoms with Gasteiger partial charge in [-0.15, -0.1) is 0 Å². The Morgan fingerprint density at radius 3 is 1.46 bits per heavy atom. The molecule has 3 heteroatoms. The number of rotatable bonds is 5. The molecule has 3 rings (SSSR count). The fraction of sp³-hybridized carbons (Fsp3) is 0.143. The molecule has 0 amide bonds. The minimum Gasteiger partial charge on any atom is -0.508 e. The van der Waals surface area contributed by atoms with Crippen LogP contribution in [-0.2, 0) is 0 Å². The van der Waals surface area contributed by atoms with Crippen molar-refractivity contribution in [3.05, 3.63) is 95.6 Å². The summed E-state index contributed by atoms with van der Waals surface area (Å²) in [5.74, 6) is 0.214. The van der Waals surface area contributed by atoms with Crippen molar-refractivity contribution in [1.82, 2.24) is 0 Å². The van der Waals surface area contributed by atoms with Gasteiger partial charge in [-0.25, -0.2) is 0 Å². The number of benzene rings is 3. The van der Waals surface area contributed by atoms with E-state index in [0.717, 1.165) is 16.7 Å². The van der Waals surface area contributed by atoms with Crippen molar-refractivity contribution in [1.29, 1.82) is 0 Å². The van der Waals surface area contributed by atoms with E-state index in [1.807, 2.05) is 54.6 Å². The Labute approximate surface area is 141 Å². The van der Waals surface area contributed by atoms with Gasteiger partial charge in [-0.1, -0.05) is 54.6 Å². The highest BCUT2D eigenvalue weighted by molar-refractivity contribution is 5.41. The third kappa shape index (κ3) is 3.42. The van der Waals surface area contributed by atoms with E-state index in [1.54, 1.807) is 24.3 Å². The van der Waals surface area contributed by atoms with Crippen molar-refractivity contribution in [3.63, 3.8) is 0 Å². The first-order chi connectivity index (χ1) is 11.7. The van der Waals surface area contributed by atoms with Gasteiger partial charge in [0.2, 0.25) is 0 Å². The lowest BCUT2D eigenvalue weighted by molar-refractivity contribution is 0.255. The molecule has 0 fully saturated rings. The first kappa shape index (κ1) is 16.1. The van der Waals surface area contributed by atoms with Crippen LogP contribution in [0.2, 0.25) is 0 Å². The summed E-state index contributed by atoms with van der Waals surface area (Å²) in [4.78, 5) is 0. The van der Waals surface area contributed by atoms with Gasteiger partial charge in [0, 0.05) is 11.8 Å². The molecule has 1 unspecified atom stereocenters. The molecule has 0 bridgehead atoms. The van der Waals surface area contributed by atoms with Crippen molar-refractivity contribution in [2.45, 2.75) is 11.8 Å². The van der Waals surface area contributed by atoms with Crippen LogP contribution >= 0.6 is 0 Å². The molecule has 0 saturated carbocycles. The predicted octanol–water partition coefficient (Wildman–Crippen LogP) is 4.01. The molecule has 3 aromatic carbocycles. The molecule has 0 saturated heterocycles. The Bertz CT molecular complexity index is 719. The zero-order valence-electron chi connectivity index (χ0n) is 13.2. The third-order valence-electron chi connectivity index (χ3n) is 4.33. The number of aromatic hydroxyl groups is 2. The molecule has 1 atom stereocenters. The number of hydrogen-bond acceptors (Lipinski definition) is 3. The van der Waals surface area contributed by atoms with Gasteiger partial charge >= 0.3 is 0 Å². The van der Waals surface area contributed by atoms with Gasteiger partial charge in [0.15, 0.2) is 0 Å². The number of phenols is 2. The van der Waals surface area contributed by atoms with Crippen LogP contribution < -0.4 is 0 Å². The normalized spacial score (nSPS) is 12.2. The van der Waals surface area contributed by atoms with Crippen molar-refractivity contribution in [2.75, 3.05) is 6.61 Å². The lowest BCUT2D eigenvalue weighted by Gasteiger charge is -2.27. The van der Waals surface area contributed by atoms with Crippen LogP contribution in [0.1, 0.15) is 28.5 Å². The molecule has 0 aliphatic carbocycles. The lowest BCUT2D eigenvalue weighted by Crippen LogP contribution is -2.16. The summed E-state index contributed by atoms with van der Waals surface area (Å²) in [6.07, 6.45) is 0. The van der Waals surface area contributed by atoms with Gasteiger partial charge in [-0.05, 0) is 41.0 Å². The second kappa shape index (κ2) is 7.20. The maximum Gasteiger partial charge on any atom is 0.115 e. The highest BCUT2D eigenvalue weighted by atomic mass is 16.3. The van der Waals surface area contributed by atoms with Crippen molar-refractivity contribution in [3.8, 4) is 11.5 Å². The first-order valence-electron chi connectivity index (χ1n) is 7.92. The molecular formula is C21H20O3. The standard InChI is InChI=1S/C21H20O3/c22-14-20(15-4-2-1-3-5-15)21(16-6-10-18(23)11-7-16)17-8-12-19(24)13-9-17/h1-13,20-24H,14H2. The molecule has 0 aliphatic rings. The Morgan fingerprint density at radius 2 is 1.04 bits per heavy atom. The van der Waals surface area contributed by atoms with Crippen LogP contribution in [0, 0.1) is 0 Å². The van der Waals surface area contributed by atoms with Crippen molar-refractivity contribution >= 4 is 0 Å². The zero-order chi connectivity index (χ0) is 16.9. The van der Waals surface area contributed by atoms with E-state index in [0.29, 0.717) is 0 Å². The third-order valence-corrected chi connectivity index (χ3v) is 4.33. The van der Waals surface area contributed by atoms with E-state index in [1.165, 1.54) is 0 Å². The first-order valence-corrected chi connectivity index (χ1v) is 7.92. The molecule has 3 nitrogen and oxygen atoms in total. The average Bonchev–Trinajstić information content (AvgIpc) is 2.62. The van der Waals surface area contributed by atoms with E-state index < -0.39 is 0 Å². The summed E-state index contributed by atoms with van der Waals surface area (Å²) in [6.45, 7) is -0.00354. The maximum absolute atomic E-state index is 10.1. The van der Waals surface area contributed by atoms with Gasteiger partial charge in [-0.2, -0.15) is 0 Å². The fourth-order valence-corrected chi connectivity index (χ4v) is 3.12. The molecule has 0 aromatic heterocycles. The Balaban J connectivity index is 2.10. The van der Waals surface area contributed by atoms with E-state index in [9.17, 15) is 15.3 Å². The molecule has 0 heterocycles. The monoisotopic (exact) mass is 320 g/mol. The molecule has 3 N–H and O–H groups in total. The second-order valence-electron chi connectivity index (χ2n) is 5.86. The lowest BCUT2D eigenvalue weighted by atomic mass is 9.77. The van der Waals surface area contributed by atoms with Crippen LogP contribution in [0.5, 0.6) is 11.5 Å². The van der Waals surface area contributed by atoms with Gasteiger partial charge in [-0.3, -0.25) is 0 Å². The second-order valence-corrected chi connectivity index (χ2v) is 5.86. The zero-order valence-corrected chi connectivity index (χ0v) is 13.2. The Morgan fingerprint density at radius 1 is 0.583 bits per heavy atom. The molecular weight excluding hydrogens is 300 g/mol. The Kier molecular flexibility index (Phi) is 4.82. The number of hydrogen-bond donors (Lipinski definition) is 3. The SMILES string of the molecule is OCC(c1ccccc1)C(c1ccc(O)cc1)c1ccc(O)cc1. The van der Waals surface area contributed by atoms with E-state index >= 15 is 0 Å². The van der Waals surface area contributed by atoms with Crippen LogP contribution in [-0.4, -0.2) is 21.9 Å². The minimum absolute atomic E-state index is 0.00354. The average molecular weight is 320 g/mol. The van der Waals surface area contributed by atoms with E-state index in [4.69, 9.17) is 0 Å². The smallest absolute Gasteiger partial charge is 0.115 e. The summed E-state index contributed by atoms with van der Waals surface area (Å²) < 4.78 is 0. The molecule has 0 radical (unpaired) electrons. The van der Waals surface area contributed by atoms with E-state index in [2.05, 4.69) is 0 Å². The molecule has 3 aromatic rings. The molecule has 0 spiro atoms. The summed E-state index contributed by atoms with van der Waals surface area (Å²) in [5.41, 5.74) is 3.05. The van der Waals surface area contributed by atoms with Crippen molar-refractivity contribution in [2.24, 2.45) is 0 Å². The number of aliphatic hydroxyl groups is 1. The van der Waals surface area contributed by atoms with Crippen LogP contribution in [0.3, 0.4) is 0 Å². The minimum atomic E-state index is -0.125. The number of aliphatic hydroxyl groups excluding tert-OH is 1. The Hall–Kier alpha value is -2.78. The number of phenolic OH excluding ortho intramolecular Hbond substituents is 2.